The number of halogens is 3. The predicted molar refractivity (Wildman–Crippen MR) is 116 cm³/mol. The van der Waals surface area contributed by atoms with Gasteiger partial charge in [0.2, 0.25) is 0 Å². The zero-order valence-electron chi connectivity index (χ0n) is 19.9. The summed E-state index contributed by atoms with van der Waals surface area (Å²) in [6.07, 6.45) is 5.60. The lowest BCUT2D eigenvalue weighted by molar-refractivity contribution is -0.290. The van der Waals surface area contributed by atoms with E-state index in [2.05, 4.69) is 13.8 Å². The van der Waals surface area contributed by atoms with Gasteiger partial charge in [0.1, 0.15) is 0 Å². The maximum absolute atomic E-state index is 13.5. The van der Waals surface area contributed by atoms with Crippen LogP contribution >= 0.6 is 0 Å². The second-order valence-electron chi connectivity index (χ2n) is 12.9. The summed E-state index contributed by atoms with van der Waals surface area (Å²) in [5.74, 6) is 2.55. The molecule has 0 radical (unpaired) electrons. The van der Waals surface area contributed by atoms with E-state index in [1.54, 1.807) is 0 Å². The SMILES string of the molecule is CC(C)(O)CCC[C@H]1CC[C@H]2[C@@H]3CC[C@H]4C[C@](O)(C(F)(F)F)CC[C@]4(C)[C@H]3CC[C@]12C. The molecule has 0 amide bonds. The fourth-order valence-corrected chi connectivity index (χ4v) is 8.87. The minimum atomic E-state index is -4.52. The largest absolute Gasteiger partial charge is 0.417 e. The summed E-state index contributed by atoms with van der Waals surface area (Å²) in [5.41, 5.74) is -2.78. The second-order valence-corrected chi connectivity index (χ2v) is 12.9. The summed E-state index contributed by atoms with van der Waals surface area (Å²) < 4.78 is 40.6. The van der Waals surface area contributed by atoms with Gasteiger partial charge in [-0.1, -0.05) is 20.3 Å². The molecular formula is C26H43F3O2. The van der Waals surface area contributed by atoms with Crippen LogP contribution in [0.1, 0.15) is 105 Å². The number of rotatable bonds is 4. The van der Waals surface area contributed by atoms with Crippen LogP contribution in [-0.4, -0.2) is 27.6 Å². The molecule has 0 saturated heterocycles. The van der Waals surface area contributed by atoms with E-state index in [0.717, 1.165) is 32.1 Å². The van der Waals surface area contributed by atoms with E-state index in [-0.39, 0.29) is 24.2 Å². The quantitative estimate of drug-likeness (QED) is 0.496. The standard InChI is InChI=1S/C26H43F3O2/c1-22(2,30)12-5-6-17-8-10-20-19-9-7-18-16-25(31,26(27,28)29)15-14-24(18,4)21(19)11-13-23(17,20)3/h17-21,30-31H,5-16H2,1-4H3/t17-,18-,19-,20-,21-,23+,24-,25-/m0/s1. The zero-order chi connectivity index (χ0) is 22.9. The lowest BCUT2D eigenvalue weighted by Crippen LogP contribution is -2.59. The lowest BCUT2D eigenvalue weighted by atomic mass is 9.43. The van der Waals surface area contributed by atoms with Gasteiger partial charge in [-0.15, -0.1) is 0 Å². The molecule has 0 bridgehead atoms. The number of alkyl halides is 3. The van der Waals surface area contributed by atoms with Crippen molar-refractivity contribution in [3.05, 3.63) is 0 Å². The maximum atomic E-state index is 13.5. The molecule has 8 atom stereocenters. The highest BCUT2D eigenvalue weighted by Crippen LogP contribution is 2.69. The van der Waals surface area contributed by atoms with Gasteiger partial charge in [0.15, 0.2) is 5.60 Å². The molecule has 4 rings (SSSR count). The van der Waals surface area contributed by atoms with Crippen LogP contribution in [0.25, 0.3) is 0 Å². The van der Waals surface area contributed by atoms with Crippen molar-refractivity contribution < 1.29 is 23.4 Å². The first-order chi connectivity index (χ1) is 14.2. The van der Waals surface area contributed by atoms with E-state index < -0.39 is 17.4 Å². The van der Waals surface area contributed by atoms with Gasteiger partial charge in [0.25, 0.3) is 0 Å². The molecular weight excluding hydrogens is 401 g/mol. The smallest absolute Gasteiger partial charge is 0.390 e. The Morgan fingerprint density at radius 2 is 1.55 bits per heavy atom. The first-order valence-corrected chi connectivity index (χ1v) is 12.7. The molecule has 4 fully saturated rings. The molecule has 4 saturated carbocycles. The monoisotopic (exact) mass is 444 g/mol. The minimum absolute atomic E-state index is 0.0116. The Hall–Kier alpha value is -0.290. The lowest BCUT2D eigenvalue weighted by Gasteiger charge is -2.62. The molecule has 2 N–H and O–H groups in total. The number of hydrogen-bond donors (Lipinski definition) is 2. The molecule has 0 spiro atoms. The van der Waals surface area contributed by atoms with E-state index in [4.69, 9.17) is 0 Å². The average molecular weight is 445 g/mol. The highest BCUT2D eigenvalue weighted by molar-refractivity contribution is 5.11. The van der Waals surface area contributed by atoms with Crippen LogP contribution in [0, 0.1) is 40.4 Å². The Labute approximate surface area is 186 Å². The first kappa shape index (κ1) is 23.9. The summed E-state index contributed by atoms with van der Waals surface area (Å²) >= 11 is 0. The third-order valence-corrected chi connectivity index (χ3v) is 10.8. The summed E-state index contributed by atoms with van der Waals surface area (Å²) in [4.78, 5) is 0. The van der Waals surface area contributed by atoms with Crippen LogP contribution in [0.3, 0.4) is 0 Å². The number of fused-ring (bicyclic) bond motifs is 5. The fraction of sp³-hybridized carbons (Fsp3) is 1.00. The van der Waals surface area contributed by atoms with Crippen LogP contribution in [0.2, 0.25) is 0 Å². The Balaban J connectivity index is 1.47. The van der Waals surface area contributed by atoms with Crippen molar-refractivity contribution in [2.75, 3.05) is 0 Å². The topological polar surface area (TPSA) is 40.5 Å². The molecule has 0 aliphatic heterocycles. The Bertz CT molecular complexity index is 671. The third kappa shape index (κ3) is 3.98. The van der Waals surface area contributed by atoms with Crippen LogP contribution in [-0.2, 0) is 0 Å². The fourth-order valence-electron chi connectivity index (χ4n) is 8.87. The highest BCUT2D eigenvalue weighted by Gasteiger charge is 2.64. The van der Waals surface area contributed by atoms with Gasteiger partial charge in [-0.05, 0) is 125 Å². The van der Waals surface area contributed by atoms with Gasteiger partial charge in [0, 0.05) is 0 Å². The molecule has 0 aromatic carbocycles. The molecule has 2 nitrogen and oxygen atoms in total. The van der Waals surface area contributed by atoms with Crippen molar-refractivity contribution in [3.63, 3.8) is 0 Å². The molecule has 180 valence electrons. The van der Waals surface area contributed by atoms with Crippen LogP contribution in [0.4, 0.5) is 13.2 Å². The molecule has 0 unspecified atom stereocenters. The van der Waals surface area contributed by atoms with E-state index in [1.807, 2.05) is 13.8 Å². The Morgan fingerprint density at radius 1 is 0.871 bits per heavy atom. The molecule has 4 aliphatic carbocycles. The van der Waals surface area contributed by atoms with Crippen molar-refractivity contribution in [2.45, 2.75) is 122 Å². The van der Waals surface area contributed by atoms with Gasteiger partial charge < -0.3 is 10.2 Å². The zero-order valence-corrected chi connectivity index (χ0v) is 19.9. The normalized spacial score (nSPS) is 48.1. The molecule has 0 aromatic heterocycles. The summed E-state index contributed by atoms with van der Waals surface area (Å²) in [7, 11) is 0. The van der Waals surface area contributed by atoms with Gasteiger partial charge in [0.05, 0.1) is 5.60 Å². The molecule has 31 heavy (non-hydrogen) atoms. The molecule has 5 heteroatoms. The van der Waals surface area contributed by atoms with Gasteiger partial charge in [-0.3, -0.25) is 0 Å². The van der Waals surface area contributed by atoms with Crippen LogP contribution in [0.5, 0.6) is 0 Å². The summed E-state index contributed by atoms with van der Waals surface area (Å²) in [5, 5.41) is 20.5. The first-order valence-electron chi connectivity index (χ1n) is 12.7. The van der Waals surface area contributed by atoms with Crippen molar-refractivity contribution >= 4 is 0 Å². The minimum Gasteiger partial charge on any atom is -0.390 e. The van der Waals surface area contributed by atoms with Gasteiger partial charge >= 0.3 is 6.18 Å². The Kier molecular flexibility index (Phi) is 5.86. The summed E-state index contributed by atoms with van der Waals surface area (Å²) in [6, 6.07) is 0. The predicted octanol–water partition coefficient (Wildman–Crippen LogP) is 6.88. The van der Waals surface area contributed by atoms with Crippen LogP contribution < -0.4 is 0 Å². The number of hydrogen-bond acceptors (Lipinski definition) is 2. The average Bonchev–Trinajstić information content (AvgIpc) is 2.97. The highest BCUT2D eigenvalue weighted by atomic mass is 19.4. The van der Waals surface area contributed by atoms with Gasteiger partial charge in [-0.2, -0.15) is 13.2 Å². The third-order valence-electron chi connectivity index (χ3n) is 10.8. The van der Waals surface area contributed by atoms with E-state index >= 15 is 0 Å². The molecule has 4 aliphatic rings. The summed E-state index contributed by atoms with van der Waals surface area (Å²) in [6.45, 7) is 8.53. The van der Waals surface area contributed by atoms with E-state index in [0.29, 0.717) is 35.5 Å². The van der Waals surface area contributed by atoms with E-state index in [9.17, 15) is 23.4 Å². The second kappa shape index (κ2) is 7.61. The Morgan fingerprint density at radius 3 is 2.19 bits per heavy atom. The molecule has 0 heterocycles. The van der Waals surface area contributed by atoms with Crippen LogP contribution in [0.15, 0.2) is 0 Å². The van der Waals surface area contributed by atoms with Crippen molar-refractivity contribution in [3.8, 4) is 0 Å². The van der Waals surface area contributed by atoms with Crippen molar-refractivity contribution in [1.82, 2.24) is 0 Å². The van der Waals surface area contributed by atoms with Crippen molar-refractivity contribution in [2.24, 2.45) is 40.4 Å². The number of aliphatic hydroxyl groups is 2. The van der Waals surface area contributed by atoms with E-state index in [1.165, 1.54) is 25.7 Å². The van der Waals surface area contributed by atoms with Gasteiger partial charge in [-0.25, -0.2) is 0 Å². The maximum Gasteiger partial charge on any atom is 0.417 e. The molecule has 0 aromatic rings. The van der Waals surface area contributed by atoms with Crippen molar-refractivity contribution in [1.29, 1.82) is 0 Å².